The molecular formula is C39H64O30. The Kier molecular flexibility index (Phi) is 19.1. The predicted octanol–water partition coefficient (Wildman–Crippen LogP) is -11.8. The lowest BCUT2D eigenvalue weighted by Crippen LogP contribution is -2.69. The summed E-state index contributed by atoms with van der Waals surface area (Å²) in [6.45, 7) is -1.96. The Balaban J connectivity index is 1.20. The van der Waals surface area contributed by atoms with Crippen molar-refractivity contribution in [3.63, 3.8) is 0 Å². The lowest BCUT2D eigenvalue weighted by molar-refractivity contribution is -0.404. The molecule has 22 heterocycles. The van der Waals surface area contributed by atoms with Crippen molar-refractivity contribution in [2.24, 2.45) is 0 Å². The Hall–Kier alpha value is -1.46. The minimum atomic E-state index is -2.15. The summed E-state index contributed by atoms with van der Waals surface area (Å²) in [7, 11) is 0. The molecule has 0 radical (unpaired) electrons. The third-order valence-corrected chi connectivity index (χ3v) is 13.0. The summed E-state index contributed by atoms with van der Waals surface area (Å²) in [5.41, 5.74) is 0. The summed E-state index contributed by atoms with van der Waals surface area (Å²) in [5, 5.41) is 187. The molecule has 400 valence electrons. The number of aliphatic hydroxyl groups excluding tert-OH is 17. The standard InChI is InChI=1S/C39H64O30/c1-2-3-57-9-15-33-21(50)27(56)39(63-15)68-32-14(8-44)61-37(25(54)19(32)48)66-30-12(6-42)59-35(23(52)17(30)46)64-28-10(4-40)58-34(22(51)16(28)45)65-29-11(5-41)60-36(24(53)18(29)47)67-31-13(7-43)62-38(69-33)26(55)20(31)49/h2,10-56H,1,3-9H2/t10-,11-,12-,13-,14-,15-,16-,17-,18-,19-,20-,21-,22-,23-,24-,25-,26-,27-,28-,29-,30-,31-,32-,33-,34-,35-,36-,37-,38-,39-/m1/s1. The van der Waals surface area contributed by atoms with Gasteiger partial charge in [0.1, 0.15) is 146 Å². The van der Waals surface area contributed by atoms with Crippen molar-refractivity contribution in [1.82, 2.24) is 0 Å². The van der Waals surface area contributed by atoms with Crippen molar-refractivity contribution in [1.29, 1.82) is 0 Å². The van der Waals surface area contributed by atoms with Crippen LogP contribution in [0, 0.1) is 0 Å². The van der Waals surface area contributed by atoms with Crippen molar-refractivity contribution in [2.45, 2.75) is 184 Å². The van der Waals surface area contributed by atoms with Gasteiger partial charge in [0.2, 0.25) is 0 Å². The van der Waals surface area contributed by atoms with Crippen LogP contribution in [-0.2, 0) is 61.6 Å². The van der Waals surface area contributed by atoms with E-state index < -0.39 is 224 Å². The molecule has 0 saturated carbocycles. The monoisotopic (exact) mass is 1010 g/mol. The maximum Gasteiger partial charge on any atom is 0.187 e. The molecule has 12 bridgehead atoms. The molecule has 17 N–H and O–H groups in total. The molecular weight excluding hydrogens is 948 g/mol. The van der Waals surface area contributed by atoms with Crippen LogP contribution in [0.1, 0.15) is 0 Å². The minimum absolute atomic E-state index is 0.0977. The summed E-state index contributed by atoms with van der Waals surface area (Å²) in [6, 6.07) is 0. The van der Waals surface area contributed by atoms with Gasteiger partial charge in [-0.05, 0) is 0 Å². The van der Waals surface area contributed by atoms with Gasteiger partial charge >= 0.3 is 0 Å². The van der Waals surface area contributed by atoms with E-state index in [4.69, 9.17) is 61.6 Å². The van der Waals surface area contributed by atoms with Crippen molar-refractivity contribution in [3.05, 3.63) is 12.7 Å². The molecule has 22 aliphatic rings. The van der Waals surface area contributed by atoms with Crippen LogP contribution in [0.15, 0.2) is 12.7 Å². The van der Waals surface area contributed by atoms with E-state index in [-0.39, 0.29) is 6.61 Å². The SMILES string of the molecule is C=CCOC[C@H]1O[C@@H]2O[C@H]3[C@H](O)[C@@H](O)[C@@H](O[C@H]4[C@H](O)[C@@H](O)[C@@H](O[C@H]5[C@H](O)[C@@H](O)[C@@H](O[C@H]6[C@H](O)[C@@H](O)[C@@H](O[C@H]7[C@H](O)[C@@H](O)[C@@H](O[C@H]1[C@H](O)[C@H]2O)O[C@@H]7CO)O[C@@H]6CO)O[C@@H]5CO)O[C@@H]4CO)O[C@@H]3CO. The highest BCUT2D eigenvalue weighted by Crippen LogP contribution is 2.38. The van der Waals surface area contributed by atoms with Crippen LogP contribution in [0.4, 0.5) is 0 Å². The van der Waals surface area contributed by atoms with E-state index in [1.807, 2.05) is 0 Å². The van der Waals surface area contributed by atoms with Crippen molar-refractivity contribution in [2.75, 3.05) is 46.2 Å². The Labute approximate surface area is 391 Å². The van der Waals surface area contributed by atoms with Gasteiger partial charge in [0.05, 0.1) is 46.2 Å². The lowest BCUT2D eigenvalue weighted by atomic mass is 9.94. The fourth-order valence-electron chi connectivity index (χ4n) is 9.18. The van der Waals surface area contributed by atoms with E-state index in [1.165, 1.54) is 6.08 Å². The molecule has 0 amide bonds. The first-order valence-electron chi connectivity index (χ1n) is 22.2. The molecule has 22 fully saturated rings. The maximum absolute atomic E-state index is 11.5. The maximum atomic E-state index is 11.5. The summed E-state index contributed by atoms with van der Waals surface area (Å²) in [6.07, 6.45) is -56.5. The van der Waals surface area contributed by atoms with Gasteiger partial charge in [-0.2, -0.15) is 0 Å². The molecule has 22 rings (SSSR count). The van der Waals surface area contributed by atoms with E-state index in [9.17, 15) is 86.8 Å². The second-order valence-electron chi connectivity index (χ2n) is 17.5. The molecule has 0 aromatic carbocycles. The topological polar surface area (TPSA) is 464 Å². The van der Waals surface area contributed by atoms with Crippen LogP contribution in [0.2, 0.25) is 0 Å². The molecule has 0 unspecified atom stereocenters. The highest BCUT2D eigenvalue weighted by Gasteiger charge is 2.58. The van der Waals surface area contributed by atoms with Crippen LogP contribution in [0.25, 0.3) is 0 Å². The normalized spacial score (nSPS) is 53.4. The first-order chi connectivity index (χ1) is 32.9. The van der Waals surface area contributed by atoms with Crippen molar-refractivity contribution >= 4 is 0 Å². The zero-order valence-corrected chi connectivity index (χ0v) is 36.5. The van der Waals surface area contributed by atoms with Gasteiger partial charge in [0.25, 0.3) is 0 Å². The van der Waals surface area contributed by atoms with Gasteiger partial charge in [0, 0.05) is 0 Å². The lowest BCUT2D eigenvalue weighted by Gasteiger charge is -2.50. The van der Waals surface area contributed by atoms with Gasteiger partial charge in [-0.25, -0.2) is 0 Å². The number of hydrogen-bond donors (Lipinski definition) is 17. The highest BCUT2D eigenvalue weighted by molar-refractivity contribution is 5.01. The molecule has 0 aromatic heterocycles. The Bertz CT molecular complexity index is 1590. The molecule has 0 spiro atoms. The summed E-state index contributed by atoms with van der Waals surface area (Å²) in [4.78, 5) is 0. The van der Waals surface area contributed by atoms with Gasteiger partial charge in [0.15, 0.2) is 37.7 Å². The fourth-order valence-corrected chi connectivity index (χ4v) is 9.18. The molecule has 69 heavy (non-hydrogen) atoms. The second-order valence-corrected chi connectivity index (χ2v) is 17.5. The van der Waals surface area contributed by atoms with E-state index in [0.717, 1.165) is 0 Å². The molecule has 22 aliphatic heterocycles. The number of aliphatic hydroxyl groups is 17. The predicted molar refractivity (Wildman–Crippen MR) is 210 cm³/mol. The summed E-state index contributed by atoms with van der Waals surface area (Å²) >= 11 is 0. The minimum Gasteiger partial charge on any atom is -0.394 e. The van der Waals surface area contributed by atoms with E-state index in [1.54, 1.807) is 0 Å². The van der Waals surface area contributed by atoms with Gasteiger partial charge in [-0.1, -0.05) is 6.08 Å². The molecule has 30 atom stereocenters. The summed E-state index contributed by atoms with van der Waals surface area (Å²) < 4.78 is 74.4. The van der Waals surface area contributed by atoms with Crippen LogP contribution >= 0.6 is 0 Å². The molecule has 0 aromatic rings. The third kappa shape index (κ3) is 11.2. The average Bonchev–Trinajstić information content (AvgIpc) is 3.34. The Morgan fingerprint density at radius 2 is 0.478 bits per heavy atom. The first kappa shape index (κ1) is 55.3. The van der Waals surface area contributed by atoms with Crippen LogP contribution in [0.5, 0.6) is 0 Å². The van der Waals surface area contributed by atoms with Crippen molar-refractivity contribution < 1.29 is 148 Å². The molecule has 30 heteroatoms. The Morgan fingerprint density at radius 3 is 0.667 bits per heavy atom. The molecule has 30 nitrogen and oxygen atoms in total. The van der Waals surface area contributed by atoms with Crippen LogP contribution < -0.4 is 0 Å². The van der Waals surface area contributed by atoms with Gasteiger partial charge < -0.3 is 148 Å². The number of ether oxygens (including phenoxy) is 13. The zero-order chi connectivity index (χ0) is 50.2. The van der Waals surface area contributed by atoms with Gasteiger partial charge in [-0.3, -0.25) is 0 Å². The first-order valence-corrected chi connectivity index (χ1v) is 22.2. The Morgan fingerprint density at radius 1 is 0.290 bits per heavy atom. The van der Waals surface area contributed by atoms with Gasteiger partial charge in [-0.15, -0.1) is 6.58 Å². The molecule has 22 saturated heterocycles. The van der Waals surface area contributed by atoms with Crippen molar-refractivity contribution in [3.8, 4) is 0 Å². The zero-order valence-electron chi connectivity index (χ0n) is 36.5. The number of rotatable bonds is 9. The fraction of sp³-hybridized carbons (Fsp3) is 0.949. The number of hydrogen-bond acceptors (Lipinski definition) is 30. The van der Waals surface area contributed by atoms with Crippen LogP contribution in [-0.4, -0.2) is 317 Å². The van der Waals surface area contributed by atoms with E-state index >= 15 is 0 Å². The van der Waals surface area contributed by atoms with Crippen LogP contribution in [0.3, 0.4) is 0 Å². The summed E-state index contributed by atoms with van der Waals surface area (Å²) in [5.74, 6) is 0. The second kappa shape index (κ2) is 23.8. The average molecular weight is 1010 g/mol. The molecule has 0 aliphatic carbocycles. The quantitative estimate of drug-likeness (QED) is 0.0753. The third-order valence-electron chi connectivity index (χ3n) is 13.0. The van der Waals surface area contributed by atoms with E-state index in [0.29, 0.717) is 0 Å². The largest absolute Gasteiger partial charge is 0.394 e. The smallest absolute Gasteiger partial charge is 0.187 e. The highest BCUT2D eigenvalue weighted by atomic mass is 16.8. The van der Waals surface area contributed by atoms with E-state index in [2.05, 4.69) is 6.58 Å².